The fraction of sp³-hybridized carbons (Fsp3) is 0.318. The quantitative estimate of drug-likeness (QED) is 0.743. The highest BCUT2D eigenvalue weighted by molar-refractivity contribution is 5.92. The Kier molecular flexibility index (Phi) is 5.21. The number of pyridine rings is 1. The van der Waals surface area contributed by atoms with Crippen LogP contribution in [0.4, 0.5) is 0 Å². The summed E-state index contributed by atoms with van der Waals surface area (Å²) < 4.78 is 7.84. The van der Waals surface area contributed by atoms with Crippen LogP contribution >= 0.6 is 0 Å². The molecule has 6 nitrogen and oxygen atoms in total. The standard InChI is InChI=1S/C22H24N4O2/c1-15-10-16(2)24-19(11-15)22(27)23-12-20-21-18(8-9-28-20)14-26(25-21)13-17-6-4-3-5-7-17/h3-7,10-11,14,20H,8-9,12-13H2,1-2H3,(H,23,27). The van der Waals surface area contributed by atoms with Crippen molar-refractivity contribution < 1.29 is 9.53 Å². The average molecular weight is 376 g/mol. The zero-order chi connectivity index (χ0) is 19.5. The van der Waals surface area contributed by atoms with Gasteiger partial charge in [0.15, 0.2) is 0 Å². The van der Waals surface area contributed by atoms with Crippen LogP contribution in [0.2, 0.25) is 0 Å². The van der Waals surface area contributed by atoms with E-state index in [1.807, 2.05) is 42.8 Å². The van der Waals surface area contributed by atoms with Crippen LogP contribution in [0, 0.1) is 13.8 Å². The van der Waals surface area contributed by atoms with Gasteiger partial charge >= 0.3 is 0 Å². The van der Waals surface area contributed by atoms with Gasteiger partial charge in [0.05, 0.1) is 18.8 Å². The summed E-state index contributed by atoms with van der Waals surface area (Å²) >= 11 is 0. The molecule has 28 heavy (non-hydrogen) atoms. The second-order valence-corrected chi connectivity index (χ2v) is 7.21. The van der Waals surface area contributed by atoms with Gasteiger partial charge in [-0.05, 0) is 49.1 Å². The molecule has 0 bridgehead atoms. The van der Waals surface area contributed by atoms with E-state index >= 15 is 0 Å². The van der Waals surface area contributed by atoms with E-state index in [0.717, 1.165) is 29.9 Å². The molecule has 0 radical (unpaired) electrons. The van der Waals surface area contributed by atoms with Gasteiger partial charge in [-0.3, -0.25) is 9.48 Å². The van der Waals surface area contributed by atoms with E-state index in [1.165, 1.54) is 11.1 Å². The summed E-state index contributed by atoms with van der Waals surface area (Å²) in [6.45, 7) is 5.58. The van der Waals surface area contributed by atoms with Crippen molar-refractivity contribution in [1.29, 1.82) is 0 Å². The maximum atomic E-state index is 12.5. The number of benzene rings is 1. The lowest BCUT2D eigenvalue weighted by atomic mass is 10.1. The topological polar surface area (TPSA) is 69.0 Å². The summed E-state index contributed by atoms with van der Waals surface area (Å²) in [6, 6.07) is 14.0. The number of aryl methyl sites for hydroxylation is 2. The van der Waals surface area contributed by atoms with E-state index in [0.29, 0.717) is 18.8 Å². The first-order valence-corrected chi connectivity index (χ1v) is 9.54. The molecule has 1 aliphatic rings. The number of nitrogens with one attached hydrogen (secondary N) is 1. The molecule has 1 unspecified atom stereocenters. The number of ether oxygens (including phenoxy) is 1. The number of aromatic nitrogens is 3. The fourth-order valence-electron chi connectivity index (χ4n) is 3.57. The van der Waals surface area contributed by atoms with Gasteiger partial charge < -0.3 is 10.1 Å². The first-order valence-electron chi connectivity index (χ1n) is 9.54. The molecule has 1 aliphatic heterocycles. The van der Waals surface area contributed by atoms with E-state index in [1.54, 1.807) is 6.07 Å². The van der Waals surface area contributed by atoms with Crippen LogP contribution in [0.3, 0.4) is 0 Å². The molecule has 3 aromatic rings. The monoisotopic (exact) mass is 376 g/mol. The van der Waals surface area contributed by atoms with Crippen molar-refractivity contribution in [3.8, 4) is 0 Å². The maximum absolute atomic E-state index is 12.5. The van der Waals surface area contributed by atoms with Gasteiger partial charge in [0.25, 0.3) is 5.91 Å². The average Bonchev–Trinajstić information content (AvgIpc) is 3.09. The molecule has 144 valence electrons. The van der Waals surface area contributed by atoms with Gasteiger partial charge in [-0.15, -0.1) is 0 Å². The smallest absolute Gasteiger partial charge is 0.269 e. The zero-order valence-corrected chi connectivity index (χ0v) is 16.2. The number of rotatable bonds is 5. The first kappa shape index (κ1) is 18.4. The van der Waals surface area contributed by atoms with Gasteiger partial charge in [-0.25, -0.2) is 4.98 Å². The van der Waals surface area contributed by atoms with Gasteiger partial charge in [-0.2, -0.15) is 5.10 Å². The summed E-state index contributed by atoms with van der Waals surface area (Å²) in [5.74, 6) is -0.189. The molecule has 0 saturated carbocycles. The fourth-order valence-corrected chi connectivity index (χ4v) is 3.57. The Hall–Kier alpha value is -2.99. The molecule has 0 aliphatic carbocycles. The van der Waals surface area contributed by atoms with E-state index < -0.39 is 0 Å². The highest BCUT2D eigenvalue weighted by Crippen LogP contribution is 2.25. The Morgan fingerprint density at radius 1 is 1.25 bits per heavy atom. The minimum absolute atomic E-state index is 0.189. The van der Waals surface area contributed by atoms with Crippen LogP contribution < -0.4 is 5.32 Å². The van der Waals surface area contributed by atoms with Gasteiger partial charge in [0, 0.05) is 18.4 Å². The molecule has 6 heteroatoms. The van der Waals surface area contributed by atoms with Crippen molar-refractivity contribution in [2.75, 3.05) is 13.2 Å². The minimum atomic E-state index is -0.240. The van der Waals surface area contributed by atoms with E-state index in [2.05, 4.69) is 28.6 Å². The van der Waals surface area contributed by atoms with Gasteiger partial charge in [0.2, 0.25) is 0 Å². The number of fused-ring (bicyclic) bond motifs is 1. The second-order valence-electron chi connectivity index (χ2n) is 7.21. The molecule has 0 fully saturated rings. The van der Waals surface area contributed by atoms with Crippen molar-refractivity contribution in [2.45, 2.75) is 32.9 Å². The third-order valence-electron chi connectivity index (χ3n) is 4.83. The SMILES string of the molecule is Cc1cc(C)nc(C(=O)NCC2OCCc3cn(Cc4ccccc4)nc32)c1. The Morgan fingerprint density at radius 2 is 2.07 bits per heavy atom. The Labute approximate surface area is 164 Å². The Morgan fingerprint density at radius 3 is 2.86 bits per heavy atom. The molecule has 1 amide bonds. The molecule has 3 heterocycles. The van der Waals surface area contributed by atoms with Crippen molar-refractivity contribution in [2.24, 2.45) is 0 Å². The third-order valence-corrected chi connectivity index (χ3v) is 4.83. The highest BCUT2D eigenvalue weighted by atomic mass is 16.5. The molecule has 0 spiro atoms. The third kappa shape index (κ3) is 4.12. The van der Waals surface area contributed by atoms with Crippen LogP contribution in [0.25, 0.3) is 0 Å². The number of hydrogen-bond acceptors (Lipinski definition) is 4. The lowest BCUT2D eigenvalue weighted by molar-refractivity contribution is 0.0383. The molecule has 1 N–H and O–H groups in total. The molecule has 1 aromatic carbocycles. The summed E-state index contributed by atoms with van der Waals surface area (Å²) in [7, 11) is 0. The predicted molar refractivity (Wildman–Crippen MR) is 106 cm³/mol. The van der Waals surface area contributed by atoms with E-state index in [4.69, 9.17) is 9.84 Å². The minimum Gasteiger partial charge on any atom is -0.370 e. The second kappa shape index (κ2) is 7.94. The van der Waals surface area contributed by atoms with Crippen molar-refractivity contribution in [1.82, 2.24) is 20.1 Å². The molecular formula is C22H24N4O2. The van der Waals surface area contributed by atoms with Crippen molar-refractivity contribution in [3.63, 3.8) is 0 Å². The zero-order valence-electron chi connectivity index (χ0n) is 16.2. The summed E-state index contributed by atoms with van der Waals surface area (Å²) in [5.41, 5.74) is 5.59. The number of carbonyl (C=O) groups excluding carboxylic acids is 1. The predicted octanol–water partition coefficient (Wildman–Crippen LogP) is 2.99. The van der Waals surface area contributed by atoms with E-state index in [9.17, 15) is 4.79 Å². The van der Waals surface area contributed by atoms with Crippen LogP contribution in [0.5, 0.6) is 0 Å². The molecule has 0 saturated heterocycles. The highest BCUT2D eigenvalue weighted by Gasteiger charge is 2.25. The molecule has 1 atom stereocenters. The lowest BCUT2D eigenvalue weighted by Crippen LogP contribution is -2.32. The van der Waals surface area contributed by atoms with Crippen LogP contribution in [0.1, 0.15) is 44.7 Å². The van der Waals surface area contributed by atoms with E-state index in [-0.39, 0.29) is 12.0 Å². The van der Waals surface area contributed by atoms with Gasteiger partial charge in [-0.1, -0.05) is 30.3 Å². The Balaban J connectivity index is 1.45. The number of hydrogen-bond donors (Lipinski definition) is 1. The lowest BCUT2D eigenvalue weighted by Gasteiger charge is -2.22. The number of nitrogens with zero attached hydrogens (tertiary/aromatic N) is 3. The van der Waals surface area contributed by atoms with Crippen LogP contribution in [-0.2, 0) is 17.7 Å². The number of amides is 1. The number of carbonyl (C=O) groups is 1. The summed E-state index contributed by atoms with van der Waals surface area (Å²) in [4.78, 5) is 16.8. The van der Waals surface area contributed by atoms with Crippen molar-refractivity contribution >= 4 is 5.91 Å². The first-order chi connectivity index (χ1) is 13.6. The molecule has 2 aromatic heterocycles. The van der Waals surface area contributed by atoms with Crippen LogP contribution in [-0.4, -0.2) is 33.8 Å². The molecular weight excluding hydrogens is 352 g/mol. The summed E-state index contributed by atoms with van der Waals surface area (Å²) in [6.07, 6.45) is 2.69. The van der Waals surface area contributed by atoms with Crippen molar-refractivity contribution in [3.05, 3.63) is 82.4 Å². The normalized spacial score (nSPS) is 15.9. The van der Waals surface area contributed by atoms with Gasteiger partial charge in [0.1, 0.15) is 11.8 Å². The van der Waals surface area contributed by atoms with Crippen LogP contribution in [0.15, 0.2) is 48.7 Å². The molecule has 4 rings (SSSR count). The maximum Gasteiger partial charge on any atom is 0.269 e. The summed E-state index contributed by atoms with van der Waals surface area (Å²) in [5, 5.41) is 7.68. The largest absolute Gasteiger partial charge is 0.370 e. The Bertz CT molecular complexity index is 961.